The zero-order valence-corrected chi connectivity index (χ0v) is 8.72. The zero-order valence-electron chi connectivity index (χ0n) is 7.14. The van der Waals surface area contributed by atoms with Crippen molar-refractivity contribution >= 4 is 28.8 Å². The quantitative estimate of drug-likeness (QED) is 0.872. The van der Waals surface area contributed by atoms with Crippen LogP contribution in [0.15, 0.2) is 24.7 Å². The second-order valence-electron chi connectivity index (χ2n) is 2.63. The van der Waals surface area contributed by atoms with Gasteiger partial charge in [-0.25, -0.2) is 0 Å². The molecule has 0 spiro atoms. The molecule has 0 aromatic carbocycles. The minimum atomic E-state index is 0.623. The summed E-state index contributed by atoms with van der Waals surface area (Å²) in [6.45, 7) is 0.694. The minimum absolute atomic E-state index is 0.623. The van der Waals surface area contributed by atoms with Gasteiger partial charge in [0.15, 0.2) is 0 Å². The van der Waals surface area contributed by atoms with Crippen LogP contribution in [0.25, 0.3) is 0 Å². The molecule has 2 aromatic rings. The Bertz CT molecular complexity index is 403. The molecule has 1 N–H and O–H groups in total. The summed E-state index contributed by atoms with van der Waals surface area (Å²) < 4.78 is 3.76. The second-order valence-corrected chi connectivity index (χ2v) is 3.94. The monoisotopic (exact) mass is 226 g/mol. The van der Waals surface area contributed by atoms with Gasteiger partial charge in [-0.3, -0.25) is 4.98 Å². The molecule has 0 fully saturated rings. The molecule has 0 saturated heterocycles. The van der Waals surface area contributed by atoms with E-state index in [2.05, 4.69) is 19.9 Å². The van der Waals surface area contributed by atoms with Crippen LogP contribution >= 0.6 is 23.1 Å². The molecule has 0 amide bonds. The maximum absolute atomic E-state index is 5.78. The van der Waals surface area contributed by atoms with Gasteiger partial charge in [0.05, 0.1) is 34.5 Å². The third kappa shape index (κ3) is 2.40. The summed E-state index contributed by atoms with van der Waals surface area (Å²) in [5.41, 5.74) is 0.894. The molecule has 6 heteroatoms. The first-order chi connectivity index (χ1) is 6.84. The zero-order chi connectivity index (χ0) is 9.80. The summed E-state index contributed by atoms with van der Waals surface area (Å²) in [7, 11) is 0. The predicted molar refractivity (Wildman–Crippen MR) is 56.5 cm³/mol. The van der Waals surface area contributed by atoms with E-state index in [1.165, 1.54) is 11.5 Å². The Hall–Kier alpha value is -1.20. The Kier molecular flexibility index (Phi) is 2.90. The first-order valence-electron chi connectivity index (χ1n) is 3.95. The van der Waals surface area contributed by atoms with Crippen molar-refractivity contribution in [2.24, 2.45) is 0 Å². The van der Waals surface area contributed by atoms with E-state index in [9.17, 15) is 0 Å². The minimum Gasteiger partial charge on any atom is -0.379 e. The highest BCUT2D eigenvalue weighted by Crippen LogP contribution is 2.14. The molecule has 0 aliphatic carbocycles. The average Bonchev–Trinajstić information content (AvgIpc) is 2.67. The molecule has 0 saturated carbocycles. The molecule has 2 rings (SSSR count). The predicted octanol–water partition coefficient (Wildman–Crippen LogP) is 2.20. The molecule has 0 aliphatic rings. The average molecular weight is 227 g/mol. The molecule has 4 nitrogen and oxygen atoms in total. The second kappa shape index (κ2) is 4.34. The molecule has 0 radical (unpaired) electrons. The van der Waals surface area contributed by atoms with Crippen LogP contribution in [0.5, 0.6) is 0 Å². The van der Waals surface area contributed by atoms with Gasteiger partial charge in [0.25, 0.3) is 0 Å². The molecule has 2 aromatic heterocycles. The van der Waals surface area contributed by atoms with Gasteiger partial charge in [-0.15, -0.1) is 5.10 Å². The normalized spacial score (nSPS) is 10.1. The van der Waals surface area contributed by atoms with Crippen LogP contribution in [0.4, 0.5) is 5.69 Å². The van der Waals surface area contributed by atoms with Crippen LogP contribution in [-0.4, -0.2) is 14.6 Å². The maximum atomic E-state index is 5.78. The third-order valence-electron chi connectivity index (χ3n) is 1.58. The molecule has 14 heavy (non-hydrogen) atoms. The fourth-order valence-electron chi connectivity index (χ4n) is 0.963. The Labute approximate surface area is 90.1 Å². The van der Waals surface area contributed by atoms with Crippen molar-refractivity contribution in [1.29, 1.82) is 0 Å². The van der Waals surface area contributed by atoms with Gasteiger partial charge < -0.3 is 5.32 Å². The summed E-state index contributed by atoms with van der Waals surface area (Å²) in [5, 5.41) is 7.53. The van der Waals surface area contributed by atoms with Crippen molar-refractivity contribution in [3.63, 3.8) is 0 Å². The van der Waals surface area contributed by atoms with E-state index in [0.717, 1.165) is 10.6 Å². The van der Waals surface area contributed by atoms with Crippen molar-refractivity contribution in [1.82, 2.24) is 14.6 Å². The molecule has 0 unspecified atom stereocenters. The topological polar surface area (TPSA) is 50.7 Å². The van der Waals surface area contributed by atoms with E-state index in [4.69, 9.17) is 11.6 Å². The van der Waals surface area contributed by atoms with Gasteiger partial charge in [-0.1, -0.05) is 16.1 Å². The smallest absolute Gasteiger partial charge is 0.0671 e. The van der Waals surface area contributed by atoms with E-state index in [-0.39, 0.29) is 0 Å². The van der Waals surface area contributed by atoms with Crippen molar-refractivity contribution in [3.8, 4) is 0 Å². The molecule has 2 heterocycles. The number of pyridine rings is 1. The van der Waals surface area contributed by atoms with Gasteiger partial charge in [0.1, 0.15) is 0 Å². The SMILES string of the molecule is Clc1cncc(NCc2cnns2)c1. The summed E-state index contributed by atoms with van der Waals surface area (Å²) in [6, 6.07) is 1.82. The van der Waals surface area contributed by atoms with Gasteiger partial charge in [-0.05, 0) is 17.6 Å². The first-order valence-corrected chi connectivity index (χ1v) is 5.10. The van der Waals surface area contributed by atoms with E-state index < -0.39 is 0 Å². The fourth-order valence-corrected chi connectivity index (χ4v) is 1.57. The summed E-state index contributed by atoms with van der Waals surface area (Å²) in [5.74, 6) is 0. The molecule has 0 atom stereocenters. The Balaban J connectivity index is 1.98. The van der Waals surface area contributed by atoms with Crippen LogP contribution in [0, 0.1) is 0 Å². The lowest BCUT2D eigenvalue weighted by Crippen LogP contribution is -1.97. The Morgan fingerprint density at radius 3 is 3.00 bits per heavy atom. The van der Waals surface area contributed by atoms with Crippen molar-refractivity contribution in [2.75, 3.05) is 5.32 Å². The lowest BCUT2D eigenvalue weighted by molar-refractivity contribution is 1.12. The van der Waals surface area contributed by atoms with Crippen molar-refractivity contribution < 1.29 is 0 Å². The number of aromatic nitrogens is 3. The summed E-state index contributed by atoms with van der Waals surface area (Å²) in [4.78, 5) is 5.04. The maximum Gasteiger partial charge on any atom is 0.0671 e. The van der Waals surface area contributed by atoms with Crippen molar-refractivity contribution in [3.05, 3.63) is 34.6 Å². The van der Waals surface area contributed by atoms with Gasteiger partial charge in [-0.2, -0.15) is 0 Å². The third-order valence-corrected chi connectivity index (χ3v) is 2.45. The van der Waals surface area contributed by atoms with Crippen LogP contribution in [0.3, 0.4) is 0 Å². The molecular formula is C8H7ClN4S. The standard InChI is InChI=1S/C8H7ClN4S/c9-6-1-7(3-10-2-6)11-4-8-5-12-13-14-8/h1-3,5,11H,4H2. The fraction of sp³-hybridized carbons (Fsp3) is 0.125. The Morgan fingerprint density at radius 2 is 2.29 bits per heavy atom. The molecule has 72 valence electrons. The number of halogens is 1. The highest BCUT2D eigenvalue weighted by molar-refractivity contribution is 7.05. The number of anilines is 1. The summed E-state index contributed by atoms with van der Waals surface area (Å²) in [6.07, 6.45) is 5.05. The number of hydrogen-bond acceptors (Lipinski definition) is 5. The number of hydrogen-bond donors (Lipinski definition) is 1. The van der Waals surface area contributed by atoms with Gasteiger partial charge in [0, 0.05) is 6.20 Å². The van der Waals surface area contributed by atoms with E-state index in [0.29, 0.717) is 11.6 Å². The lowest BCUT2D eigenvalue weighted by atomic mass is 10.4. The highest BCUT2D eigenvalue weighted by atomic mass is 35.5. The van der Waals surface area contributed by atoms with Crippen molar-refractivity contribution in [2.45, 2.75) is 6.54 Å². The van der Waals surface area contributed by atoms with Crippen LogP contribution < -0.4 is 5.32 Å². The lowest BCUT2D eigenvalue weighted by Gasteiger charge is -2.02. The van der Waals surface area contributed by atoms with Crippen LogP contribution in [0.1, 0.15) is 4.88 Å². The molecular weight excluding hydrogens is 220 g/mol. The summed E-state index contributed by atoms with van der Waals surface area (Å²) >= 11 is 7.15. The van der Waals surface area contributed by atoms with Crippen LogP contribution in [0.2, 0.25) is 5.02 Å². The van der Waals surface area contributed by atoms with E-state index in [1.807, 2.05) is 6.07 Å². The van der Waals surface area contributed by atoms with Gasteiger partial charge in [0.2, 0.25) is 0 Å². The number of nitrogens with zero attached hydrogens (tertiary/aromatic N) is 3. The first kappa shape index (κ1) is 9.36. The van der Waals surface area contributed by atoms with E-state index >= 15 is 0 Å². The number of nitrogens with one attached hydrogen (secondary N) is 1. The van der Waals surface area contributed by atoms with Gasteiger partial charge >= 0.3 is 0 Å². The molecule has 0 bridgehead atoms. The largest absolute Gasteiger partial charge is 0.379 e. The molecule has 0 aliphatic heterocycles. The van der Waals surface area contributed by atoms with E-state index in [1.54, 1.807) is 18.6 Å². The Morgan fingerprint density at radius 1 is 1.36 bits per heavy atom. The highest BCUT2D eigenvalue weighted by Gasteiger charge is 1.97. The van der Waals surface area contributed by atoms with Crippen LogP contribution in [-0.2, 0) is 6.54 Å². The number of rotatable bonds is 3.